The number of aryl methyl sites for hydroxylation is 1. The van der Waals surface area contributed by atoms with Crippen LogP contribution in [0.15, 0.2) is 30.5 Å². The molecule has 2 nitrogen and oxygen atoms in total. The van der Waals surface area contributed by atoms with E-state index in [0.717, 1.165) is 13.0 Å². The molecule has 78 valence electrons. The monoisotopic (exact) mass is 201 g/mol. The zero-order chi connectivity index (χ0) is 10.1. The van der Waals surface area contributed by atoms with E-state index in [9.17, 15) is 0 Å². The van der Waals surface area contributed by atoms with Crippen LogP contribution in [0, 0.1) is 0 Å². The maximum absolute atomic E-state index is 5.21. The molecule has 0 spiro atoms. The van der Waals surface area contributed by atoms with Gasteiger partial charge in [0.15, 0.2) is 0 Å². The molecule has 1 unspecified atom stereocenters. The molecule has 1 aromatic carbocycles. The summed E-state index contributed by atoms with van der Waals surface area (Å²) in [5.74, 6) is 0. The second kappa shape index (κ2) is 3.70. The summed E-state index contributed by atoms with van der Waals surface area (Å²) in [6.45, 7) is 0.980. The van der Waals surface area contributed by atoms with Gasteiger partial charge in [-0.05, 0) is 30.9 Å². The van der Waals surface area contributed by atoms with Gasteiger partial charge in [-0.1, -0.05) is 18.2 Å². The summed E-state index contributed by atoms with van der Waals surface area (Å²) >= 11 is 0. The van der Waals surface area contributed by atoms with Crippen molar-refractivity contribution in [1.29, 1.82) is 0 Å². The van der Waals surface area contributed by atoms with Gasteiger partial charge in [0.1, 0.15) is 0 Å². The number of epoxide rings is 1. The highest BCUT2D eigenvalue weighted by Gasteiger charge is 2.21. The first-order valence-electron chi connectivity index (χ1n) is 5.60. The van der Waals surface area contributed by atoms with E-state index < -0.39 is 0 Å². The lowest BCUT2D eigenvalue weighted by Crippen LogP contribution is -1.88. The number of ether oxygens (including phenoxy) is 1. The zero-order valence-electron chi connectivity index (χ0n) is 8.70. The van der Waals surface area contributed by atoms with Gasteiger partial charge in [-0.15, -0.1) is 0 Å². The molecule has 0 radical (unpaired) electrons. The zero-order valence-corrected chi connectivity index (χ0v) is 8.70. The Morgan fingerprint density at radius 1 is 1.33 bits per heavy atom. The summed E-state index contributed by atoms with van der Waals surface area (Å²) in [4.78, 5) is 3.31. The smallest absolute Gasteiger partial charge is 0.0810 e. The van der Waals surface area contributed by atoms with E-state index in [0.29, 0.717) is 6.10 Å². The van der Waals surface area contributed by atoms with Crippen LogP contribution in [-0.4, -0.2) is 17.7 Å². The summed E-state index contributed by atoms with van der Waals surface area (Å²) < 4.78 is 5.21. The number of hydrogen-bond acceptors (Lipinski definition) is 1. The van der Waals surface area contributed by atoms with E-state index in [1.807, 2.05) is 0 Å². The van der Waals surface area contributed by atoms with E-state index in [4.69, 9.17) is 4.74 Å². The van der Waals surface area contributed by atoms with Crippen molar-refractivity contribution in [3.63, 3.8) is 0 Å². The third-order valence-electron chi connectivity index (χ3n) is 3.05. The lowest BCUT2D eigenvalue weighted by molar-refractivity contribution is 0.392. The summed E-state index contributed by atoms with van der Waals surface area (Å²) in [5.41, 5.74) is 2.68. The van der Waals surface area contributed by atoms with Gasteiger partial charge in [-0.3, -0.25) is 0 Å². The molecule has 1 fully saturated rings. The number of rotatable bonds is 4. The van der Waals surface area contributed by atoms with Crippen LogP contribution in [0.25, 0.3) is 10.9 Å². The Morgan fingerprint density at radius 2 is 2.20 bits per heavy atom. The molecule has 3 rings (SSSR count). The van der Waals surface area contributed by atoms with Crippen LogP contribution in [0.1, 0.15) is 18.4 Å². The number of hydrogen-bond donors (Lipinski definition) is 1. The number of H-pyrrole nitrogens is 1. The van der Waals surface area contributed by atoms with Crippen molar-refractivity contribution in [3.8, 4) is 0 Å². The number of benzene rings is 1. The molecule has 1 saturated heterocycles. The lowest BCUT2D eigenvalue weighted by atomic mass is 10.1. The number of fused-ring (bicyclic) bond motifs is 1. The predicted octanol–water partition coefficient (Wildman–Crippen LogP) is 2.89. The Morgan fingerprint density at radius 3 is 3.07 bits per heavy atom. The molecular weight excluding hydrogens is 186 g/mol. The fraction of sp³-hybridized carbons (Fsp3) is 0.385. The Balaban J connectivity index is 1.72. The van der Waals surface area contributed by atoms with E-state index >= 15 is 0 Å². The summed E-state index contributed by atoms with van der Waals surface area (Å²) in [7, 11) is 0. The van der Waals surface area contributed by atoms with Gasteiger partial charge in [0, 0.05) is 17.1 Å². The summed E-state index contributed by atoms with van der Waals surface area (Å²) in [5, 5.41) is 1.37. The third kappa shape index (κ3) is 1.90. The number of nitrogens with one attached hydrogen (secondary N) is 1. The van der Waals surface area contributed by atoms with Crippen LogP contribution in [0.4, 0.5) is 0 Å². The van der Waals surface area contributed by atoms with Crippen LogP contribution < -0.4 is 0 Å². The van der Waals surface area contributed by atoms with Crippen LogP contribution in [0.3, 0.4) is 0 Å². The Bertz CT molecular complexity index is 456. The van der Waals surface area contributed by atoms with Gasteiger partial charge in [0.2, 0.25) is 0 Å². The molecular formula is C13H15NO. The van der Waals surface area contributed by atoms with Crippen LogP contribution >= 0.6 is 0 Å². The molecule has 0 amide bonds. The van der Waals surface area contributed by atoms with Crippen molar-refractivity contribution >= 4 is 10.9 Å². The first-order valence-corrected chi connectivity index (χ1v) is 5.60. The molecule has 1 atom stereocenters. The number of para-hydroxylation sites is 1. The van der Waals surface area contributed by atoms with Gasteiger partial charge in [-0.25, -0.2) is 0 Å². The van der Waals surface area contributed by atoms with E-state index in [2.05, 4.69) is 35.4 Å². The lowest BCUT2D eigenvalue weighted by Gasteiger charge is -1.97. The maximum atomic E-state index is 5.21. The normalized spacial score (nSPS) is 19.6. The van der Waals surface area contributed by atoms with E-state index in [-0.39, 0.29) is 0 Å². The first kappa shape index (κ1) is 8.98. The number of aromatic nitrogens is 1. The molecule has 2 heterocycles. The van der Waals surface area contributed by atoms with Crippen molar-refractivity contribution in [2.24, 2.45) is 0 Å². The van der Waals surface area contributed by atoms with Crippen molar-refractivity contribution in [2.75, 3.05) is 6.61 Å². The molecule has 1 N–H and O–H groups in total. The quantitative estimate of drug-likeness (QED) is 0.757. The maximum Gasteiger partial charge on any atom is 0.0810 e. The van der Waals surface area contributed by atoms with Crippen molar-refractivity contribution in [1.82, 2.24) is 4.98 Å². The minimum Gasteiger partial charge on any atom is -0.373 e. The van der Waals surface area contributed by atoms with Gasteiger partial charge in [-0.2, -0.15) is 0 Å². The molecule has 0 bridgehead atoms. The fourth-order valence-corrected chi connectivity index (χ4v) is 2.09. The Labute approximate surface area is 89.3 Å². The van der Waals surface area contributed by atoms with Crippen LogP contribution in [0.2, 0.25) is 0 Å². The van der Waals surface area contributed by atoms with Gasteiger partial charge < -0.3 is 9.72 Å². The van der Waals surface area contributed by atoms with Gasteiger partial charge in [0.05, 0.1) is 12.7 Å². The largest absolute Gasteiger partial charge is 0.373 e. The van der Waals surface area contributed by atoms with Crippen molar-refractivity contribution in [3.05, 3.63) is 36.0 Å². The van der Waals surface area contributed by atoms with E-state index in [1.165, 1.54) is 29.3 Å². The minimum atomic E-state index is 0.565. The second-order valence-electron chi connectivity index (χ2n) is 4.21. The van der Waals surface area contributed by atoms with E-state index in [1.54, 1.807) is 0 Å². The molecule has 1 aromatic heterocycles. The highest BCUT2D eigenvalue weighted by Crippen LogP contribution is 2.22. The third-order valence-corrected chi connectivity index (χ3v) is 3.05. The molecule has 15 heavy (non-hydrogen) atoms. The predicted molar refractivity (Wildman–Crippen MR) is 61.0 cm³/mol. The highest BCUT2D eigenvalue weighted by molar-refractivity contribution is 5.82. The minimum absolute atomic E-state index is 0.565. The first-order chi connectivity index (χ1) is 7.43. The summed E-state index contributed by atoms with van der Waals surface area (Å²) in [6, 6.07) is 8.49. The molecule has 1 aliphatic rings. The average Bonchev–Trinajstić information content (AvgIpc) is 3.00. The van der Waals surface area contributed by atoms with Gasteiger partial charge in [0.25, 0.3) is 0 Å². The van der Waals surface area contributed by atoms with Gasteiger partial charge >= 0.3 is 0 Å². The molecule has 1 aliphatic heterocycles. The molecule has 0 saturated carbocycles. The topological polar surface area (TPSA) is 28.3 Å². The Hall–Kier alpha value is -1.28. The summed E-state index contributed by atoms with van der Waals surface area (Å²) in [6.07, 6.45) is 6.30. The highest BCUT2D eigenvalue weighted by atomic mass is 16.6. The van der Waals surface area contributed by atoms with Crippen molar-refractivity contribution in [2.45, 2.75) is 25.4 Å². The second-order valence-corrected chi connectivity index (χ2v) is 4.21. The molecule has 2 heteroatoms. The average molecular weight is 201 g/mol. The van der Waals surface area contributed by atoms with Crippen LogP contribution in [0.5, 0.6) is 0 Å². The molecule has 2 aromatic rings. The SMILES string of the molecule is c1ccc2c(CCCC3CO3)c[nH]c2c1. The van der Waals surface area contributed by atoms with Crippen molar-refractivity contribution < 1.29 is 4.74 Å². The standard InChI is InChI=1S/C13H15NO/c1-2-7-13-12(6-1)10(8-14-13)4-3-5-11-9-15-11/h1-2,6-8,11,14H,3-5,9H2. The fourth-order valence-electron chi connectivity index (χ4n) is 2.09. The number of aromatic amines is 1. The van der Waals surface area contributed by atoms with Crippen LogP contribution in [-0.2, 0) is 11.2 Å². The Kier molecular flexibility index (Phi) is 2.22. The molecule has 0 aliphatic carbocycles.